The Balaban J connectivity index is 2.44. The lowest BCUT2D eigenvalue weighted by atomic mass is 9.93. The molecule has 72 valence electrons. The highest BCUT2D eigenvalue weighted by atomic mass is 16.6. The normalized spacial score (nSPS) is 23.8. The van der Waals surface area contributed by atoms with Gasteiger partial charge in [-0.15, -0.1) is 0 Å². The van der Waals surface area contributed by atoms with Gasteiger partial charge in [0.2, 0.25) is 0 Å². The second-order valence-corrected chi connectivity index (χ2v) is 3.37. The van der Waals surface area contributed by atoms with E-state index in [-0.39, 0.29) is 0 Å². The van der Waals surface area contributed by atoms with Crippen LogP contribution in [0.2, 0.25) is 0 Å². The van der Waals surface area contributed by atoms with Crippen LogP contribution in [-0.2, 0) is 4.84 Å². The Bertz CT molecular complexity index is 228. The third-order valence-electron chi connectivity index (χ3n) is 2.17. The number of rotatable bonds is 3. The lowest BCUT2D eigenvalue weighted by Crippen LogP contribution is -1.99. The highest BCUT2D eigenvalue weighted by Crippen LogP contribution is 2.20. The third kappa shape index (κ3) is 3.92. The second kappa shape index (κ2) is 5.57. The van der Waals surface area contributed by atoms with Crippen molar-refractivity contribution >= 4 is 6.21 Å². The van der Waals surface area contributed by atoms with Crippen molar-refractivity contribution in [3.63, 3.8) is 0 Å². The van der Waals surface area contributed by atoms with Gasteiger partial charge in [0.1, 0.15) is 7.11 Å². The Morgan fingerprint density at radius 2 is 2.38 bits per heavy atom. The molecular formula is C11H17NO. The van der Waals surface area contributed by atoms with E-state index in [4.69, 9.17) is 0 Å². The van der Waals surface area contributed by atoms with Gasteiger partial charge < -0.3 is 4.84 Å². The molecule has 0 saturated carbocycles. The fraction of sp³-hybridized carbons (Fsp3) is 0.545. The molecule has 0 spiro atoms. The third-order valence-corrected chi connectivity index (χ3v) is 2.17. The zero-order chi connectivity index (χ0) is 9.52. The van der Waals surface area contributed by atoms with Gasteiger partial charge in [-0.2, -0.15) is 0 Å². The SMILES string of the molecule is CON=CC(C)=CC1CC=CCC1. The first-order valence-electron chi connectivity index (χ1n) is 4.73. The maximum atomic E-state index is 4.62. The monoisotopic (exact) mass is 179 g/mol. The summed E-state index contributed by atoms with van der Waals surface area (Å²) in [5.41, 5.74) is 1.18. The molecule has 0 saturated heterocycles. The first-order valence-corrected chi connectivity index (χ1v) is 4.73. The summed E-state index contributed by atoms with van der Waals surface area (Å²) < 4.78 is 0. The molecule has 1 atom stereocenters. The molecule has 0 heterocycles. The molecule has 1 aliphatic carbocycles. The number of hydrogen-bond donors (Lipinski definition) is 0. The minimum absolute atomic E-state index is 0.688. The summed E-state index contributed by atoms with van der Waals surface area (Å²) in [5, 5.41) is 3.73. The molecule has 0 bridgehead atoms. The fourth-order valence-electron chi connectivity index (χ4n) is 1.52. The van der Waals surface area contributed by atoms with E-state index in [9.17, 15) is 0 Å². The maximum Gasteiger partial charge on any atom is 0.106 e. The predicted molar refractivity (Wildman–Crippen MR) is 55.7 cm³/mol. The standard InChI is InChI=1S/C11H17NO/c1-10(9-12-13-2)8-11-6-4-3-5-7-11/h3-4,8-9,11H,5-7H2,1-2H3. The molecule has 0 aromatic carbocycles. The fourth-order valence-corrected chi connectivity index (χ4v) is 1.52. The Morgan fingerprint density at radius 1 is 1.54 bits per heavy atom. The van der Waals surface area contributed by atoms with E-state index < -0.39 is 0 Å². The zero-order valence-corrected chi connectivity index (χ0v) is 8.36. The summed E-state index contributed by atoms with van der Waals surface area (Å²) in [4.78, 5) is 4.62. The minimum atomic E-state index is 0.688. The first-order chi connectivity index (χ1) is 6.33. The van der Waals surface area contributed by atoms with Gasteiger partial charge in [-0.05, 0) is 37.7 Å². The summed E-state index contributed by atoms with van der Waals surface area (Å²) in [7, 11) is 1.56. The van der Waals surface area contributed by atoms with Crippen LogP contribution in [0.1, 0.15) is 26.2 Å². The summed E-state index contributed by atoms with van der Waals surface area (Å²) in [5.74, 6) is 0.688. The second-order valence-electron chi connectivity index (χ2n) is 3.37. The molecule has 0 fully saturated rings. The van der Waals surface area contributed by atoms with Gasteiger partial charge in [0.25, 0.3) is 0 Å². The van der Waals surface area contributed by atoms with Gasteiger partial charge >= 0.3 is 0 Å². The lowest BCUT2D eigenvalue weighted by molar-refractivity contribution is 0.215. The highest BCUT2D eigenvalue weighted by Gasteiger charge is 2.05. The quantitative estimate of drug-likeness (QED) is 0.371. The van der Waals surface area contributed by atoms with Gasteiger partial charge in [0.15, 0.2) is 0 Å². The molecule has 0 aliphatic heterocycles. The van der Waals surface area contributed by atoms with Crippen LogP contribution in [0.5, 0.6) is 0 Å². The number of nitrogens with zero attached hydrogens (tertiary/aromatic N) is 1. The van der Waals surface area contributed by atoms with Crippen molar-refractivity contribution in [1.82, 2.24) is 0 Å². The molecule has 1 aliphatic rings. The molecule has 1 unspecified atom stereocenters. The Kier molecular flexibility index (Phi) is 4.30. The molecule has 0 N–H and O–H groups in total. The van der Waals surface area contributed by atoms with E-state index in [2.05, 4.69) is 35.1 Å². The summed E-state index contributed by atoms with van der Waals surface area (Å²) in [6.45, 7) is 2.06. The van der Waals surface area contributed by atoms with Crippen molar-refractivity contribution in [2.24, 2.45) is 11.1 Å². The largest absolute Gasteiger partial charge is 0.399 e. The van der Waals surface area contributed by atoms with Crippen LogP contribution in [0, 0.1) is 5.92 Å². The number of hydrogen-bond acceptors (Lipinski definition) is 2. The van der Waals surface area contributed by atoms with Crippen LogP contribution in [0.15, 0.2) is 29.0 Å². The van der Waals surface area contributed by atoms with Crippen molar-refractivity contribution < 1.29 is 4.84 Å². The predicted octanol–water partition coefficient (Wildman–Crippen LogP) is 2.92. The van der Waals surface area contributed by atoms with E-state index >= 15 is 0 Å². The summed E-state index contributed by atoms with van der Waals surface area (Å²) in [6.07, 6.45) is 12.2. The first kappa shape index (κ1) is 10.0. The van der Waals surface area contributed by atoms with Crippen LogP contribution in [0.3, 0.4) is 0 Å². The molecule has 0 amide bonds. The van der Waals surface area contributed by atoms with Crippen molar-refractivity contribution in [1.29, 1.82) is 0 Å². The van der Waals surface area contributed by atoms with Crippen molar-refractivity contribution in [2.45, 2.75) is 26.2 Å². The average molecular weight is 179 g/mol. The topological polar surface area (TPSA) is 21.6 Å². The number of oxime groups is 1. The van der Waals surface area contributed by atoms with Gasteiger partial charge in [0, 0.05) is 0 Å². The Morgan fingerprint density at radius 3 is 3.00 bits per heavy atom. The Hall–Kier alpha value is -1.05. The molecule has 2 nitrogen and oxygen atoms in total. The molecule has 2 heteroatoms. The molecule has 0 aromatic rings. The minimum Gasteiger partial charge on any atom is -0.399 e. The van der Waals surface area contributed by atoms with Crippen LogP contribution in [-0.4, -0.2) is 13.3 Å². The molecule has 13 heavy (non-hydrogen) atoms. The van der Waals surface area contributed by atoms with Crippen LogP contribution < -0.4 is 0 Å². The smallest absolute Gasteiger partial charge is 0.106 e. The van der Waals surface area contributed by atoms with Gasteiger partial charge in [-0.1, -0.05) is 23.4 Å². The highest BCUT2D eigenvalue weighted by molar-refractivity contribution is 5.77. The molecule has 1 rings (SSSR count). The van der Waals surface area contributed by atoms with Crippen LogP contribution in [0.4, 0.5) is 0 Å². The summed E-state index contributed by atoms with van der Waals surface area (Å²) >= 11 is 0. The summed E-state index contributed by atoms with van der Waals surface area (Å²) in [6, 6.07) is 0. The van der Waals surface area contributed by atoms with Crippen LogP contribution >= 0.6 is 0 Å². The van der Waals surface area contributed by atoms with Gasteiger partial charge in [-0.3, -0.25) is 0 Å². The number of allylic oxidation sites excluding steroid dienone is 4. The van der Waals surface area contributed by atoms with Crippen molar-refractivity contribution in [3.8, 4) is 0 Å². The Labute approximate surface area is 80.0 Å². The van der Waals surface area contributed by atoms with Crippen molar-refractivity contribution in [3.05, 3.63) is 23.8 Å². The zero-order valence-electron chi connectivity index (χ0n) is 8.36. The van der Waals surface area contributed by atoms with E-state index in [1.54, 1.807) is 13.3 Å². The van der Waals surface area contributed by atoms with Crippen molar-refractivity contribution in [2.75, 3.05) is 7.11 Å². The van der Waals surface area contributed by atoms with Gasteiger partial charge in [0.05, 0.1) is 6.21 Å². The van der Waals surface area contributed by atoms with Gasteiger partial charge in [-0.25, -0.2) is 0 Å². The molecule has 0 aromatic heterocycles. The van der Waals surface area contributed by atoms with E-state index in [1.807, 2.05) is 0 Å². The average Bonchev–Trinajstić information content (AvgIpc) is 2.16. The van der Waals surface area contributed by atoms with E-state index in [1.165, 1.54) is 18.4 Å². The van der Waals surface area contributed by atoms with Crippen LogP contribution in [0.25, 0.3) is 0 Å². The lowest BCUT2D eigenvalue weighted by Gasteiger charge is -2.13. The van der Waals surface area contributed by atoms with E-state index in [0.717, 1.165) is 6.42 Å². The maximum absolute atomic E-state index is 4.62. The molecule has 0 radical (unpaired) electrons. The van der Waals surface area contributed by atoms with E-state index in [0.29, 0.717) is 5.92 Å². The molecular weight excluding hydrogens is 162 g/mol.